The van der Waals surface area contributed by atoms with Gasteiger partial charge in [0.05, 0.1) is 60.7 Å². The second-order valence-corrected chi connectivity index (χ2v) is 42.6. The lowest BCUT2D eigenvalue weighted by atomic mass is 9.82. The Labute approximate surface area is 859 Å². The molecule has 32 rings (SSSR count). The molecular weight excluding hydrogens is 1810 g/mol. The van der Waals surface area contributed by atoms with Crippen molar-refractivity contribution in [3.63, 3.8) is 0 Å². The summed E-state index contributed by atoms with van der Waals surface area (Å²) in [4.78, 5) is 32.3. The number of hydrogen-bond acceptors (Lipinski definition) is 7. The van der Waals surface area contributed by atoms with Crippen LogP contribution in [0.3, 0.4) is 0 Å². The first-order valence-corrected chi connectivity index (χ1v) is 51.6. The van der Waals surface area contributed by atoms with Gasteiger partial charge in [0.2, 0.25) is 0 Å². The molecule has 0 radical (unpaired) electrons. The van der Waals surface area contributed by atoms with Crippen LogP contribution in [0.15, 0.2) is 441 Å². The molecule has 8 aromatic heterocycles. The predicted molar refractivity (Wildman–Crippen MR) is 615 cm³/mol. The van der Waals surface area contributed by atoms with Gasteiger partial charge >= 0.3 is 0 Å². The number of benzene rings is 20. The van der Waals surface area contributed by atoms with E-state index in [0.717, 1.165) is 140 Å². The summed E-state index contributed by atoms with van der Waals surface area (Å²) >= 11 is 0. The van der Waals surface area contributed by atoms with Crippen molar-refractivity contribution in [2.24, 2.45) is 0 Å². The Kier molecular flexibility index (Phi) is 18.4. The third kappa shape index (κ3) is 12.5. The van der Waals surface area contributed by atoms with E-state index in [1.807, 2.05) is 12.1 Å². The Hall–Kier alpha value is -18.6. The number of furan rings is 1. The van der Waals surface area contributed by atoms with Gasteiger partial charge in [-0.25, -0.2) is 29.9 Å². The lowest BCUT2D eigenvalue weighted by molar-refractivity contribution is 0.660. The van der Waals surface area contributed by atoms with Crippen molar-refractivity contribution in [2.45, 2.75) is 77.0 Å². The first-order valence-electron chi connectivity index (χ1n) is 51.6. The maximum absolute atomic E-state index is 6.39. The maximum atomic E-state index is 6.39. The summed E-state index contributed by atoms with van der Waals surface area (Å²) in [6.45, 7) is 18.6. The van der Waals surface area contributed by atoms with Gasteiger partial charge in [-0.05, 0) is 221 Å². The fourth-order valence-electron chi connectivity index (χ4n) is 26.1. The van der Waals surface area contributed by atoms with Crippen LogP contribution in [0.4, 0.5) is 0 Å². The summed E-state index contributed by atoms with van der Waals surface area (Å²) in [7, 11) is 0. The zero-order valence-corrected chi connectivity index (χ0v) is 83.4. The van der Waals surface area contributed by atoms with Crippen LogP contribution in [0.1, 0.15) is 99.9 Å². The van der Waals surface area contributed by atoms with E-state index in [-0.39, 0.29) is 21.7 Å². The lowest BCUT2D eigenvalue weighted by Gasteiger charge is -2.22. The Morgan fingerprint density at radius 1 is 0.174 bits per heavy atom. The van der Waals surface area contributed by atoms with Crippen molar-refractivity contribution in [1.82, 2.24) is 48.2 Å². The van der Waals surface area contributed by atoms with Gasteiger partial charge < -0.3 is 8.98 Å². The minimum atomic E-state index is -0.115. The molecule has 0 atom stereocenters. The van der Waals surface area contributed by atoms with Crippen molar-refractivity contribution >= 4 is 142 Å². The molecule has 0 saturated heterocycles. The molecule has 4 aliphatic carbocycles. The number of nitrogens with zero attached hydrogens (tertiary/aromatic N) is 10. The highest BCUT2D eigenvalue weighted by Gasteiger charge is 2.43. The Balaban J connectivity index is 0.000000104. The molecule has 4 aliphatic rings. The van der Waals surface area contributed by atoms with E-state index in [4.69, 9.17) is 34.3 Å². The first-order chi connectivity index (χ1) is 73.0. The van der Waals surface area contributed by atoms with Crippen LogP contribution < -0.4 is 0 Å². The Bertz CT molecular complexity index is 10700. The molecule has 0 amide bonds. The summed E-state index contributed by atoms with van der Waals surface area (Å²) in [5, 5.41) is 15.0. The van der Waals surface area contributed by atoms with E-state index in [2.05, 4.69) is 498 Å². The molecule has 0 unspecified atom stereocenters. The fourth-order valence-corrected chi connectivity index (χ4v) is 26.1. The average molecular weight is 1910 g/mol. The second-order valence-electron chi connectivity index (χ2n) is 42.6. The topological polar surface area (TPSA) is 110 Å². The van der Waals surface area contributed by atoms with E-state index in [1.54, 1.807) is 0 Å². The van der Waals surface area contributed by atoms with Crippen LogP contribution in [0.2, 0.25) is 0 Å². The number of rotatable bonds is 8. The summed E-state index contributed by atoms with van der Waals surface area (Å²) in [6, 6.07) is 157. The summed E-state index contributed by atoms with van der Waals surface area (Å²) in [5.41, 5.74) is 40.8. The van der Waals surface area contributed by atoms with E-state index >= 15 is 0 Å². The number of fused-ring (bicyclic) bond motifs is 30. The van der Waals surface area contributed by atoms with Crippen LogP contribution in [-0.4, -0.2) is 48.2 Å². The summed E-state index contributed by atoms with van der Waals surface area (Å²) in [6.07, 6.45) is 0. The summed E-state index contributed by atoms with van der Waals surface area (Å²) in [5.74, 6) is 4.87. The van der Waals surface area contributed by atoms with Crippen LogP contribution >= 0.6 is 0 Å². The molecule has 11 nitrogen and oxygen atoms in total. The number of aromatic nitrogens is 10. The third-order valence-electron chi connectivity index (χ3n) is 33.2. The second kappa shape index (κ2) is 32.0. The third-order valence-corrected chi connectivity index (χ3v) is 33.2. The smallest absolute Gasteiger partial charge is 0.162 e. The number of hydrogen-bond donors (Lipinski definition) is 0. The van der Waals surface area contributed by atoms with Gasteiger partial charge in [0, 0.05) is 120 Å². The zero-order valence-electron chi connectivity index (χ0n) is 83.4. The molecule has 0 saturated carbocycles. The normalized spacial score (nSPS) is 14.0. The molecular formula is C138H96N10O. The molecule has 0 fully saturated rings. The van der Waals surface area contributed by atoms with Gasteiger partial charge in [-0.2, -0.15) is 0 Å². The highest BCUT2D eigenvalue weighted by Crippen LogP contribution is 2.58. The monoisotopic (exact) mass is 1910 g/mol. The molecule has 0 bridgehead atoms. The molecule has 8 heterocycles. The maximum Gasteiger partial charge on any atom is 0.162 e. The van der Waals surface area contributed by atoms with Crippen molar-refractivity contribution in [3.8, 4) is 113 Å². The van der Waals surface area contributed by atoms with Gasteiger partial charge in [-0.3, -0.25) is 13.7 Å². The minimum Gasteiger partial charge on any atom is -0.456 e. The molecule has 0 spiro atoms. The first kappa shape index (κ1) is 86.0. The van der Waals surface area contributed by atoms with Crippen molar-refractivity contribution in [3.05, 3.63) is 481 Å². The van der Waals surface area contributed by atoms with Crippen molar-refractivity contribution in [1.29, 1.82) is 0 Å². The largest absolute Gasteiger partial charge is 0.456 e. The molecule has 0 aliphatic heterocycles. The molecule has 704 valence electrons. The Morgan fingerprint density at radius 3 is 0.913 bits per heavy atom. The van der Waals surface area contributed by atoms with Gasteiger partial charge in [0.25, 0.3) is 0 Å². The summed E-state index contributed by atoms with van der Waals surface area (Å²) < 4.78 is 15.8. The number of para-hydroxylation sites is 9. The van der Waals surface area contributed by atoms with Gasteiger partial charge in [-0.1, -0.05) is 365 Å². The quantitative estimate of drug-likeness (QED) is 0.149. The predicted octanol–water partition coefficient (Wildman–Crippen LogP) is 35.1. The average Bonchev–Trinajstić information content (AvgIpc) is 1.53. The van der Waals surface area contributed by atoms with Crippen molar-refractivity contribution < 1.29 is 4.42 Å². The molecule has 0 N–H and O–H groups in total. The van der Waals surface area contributed by atoms with Crippen LogP contribution in [0.5, 0.6) is 0 Å². The zero-order chi connectivity index (χ0) is 99.3. The molecule has 11 heteroatoms. The van der Waals surface area contributed by atoms with Crippen LogP contribution in [-0.2, 0) is 21.7 Å². The lowest BCUT2D eigenvalue weighted by Crippen LogP contribution is -2.15. The highest BCUT2D eigenvalue weighted by molar-refractivity contribution is 6.20. The van der Waals surface area contributed by atoms with E-state index in [9.17, 15) is 0 Å². The van der Waals surface area contributed by atoms with Gasteiger partial charge in [0.15, 0.2) is 17.5 Å². The minimum absolute atomic E-state index is 0.0980. The standard InChI is InChI=1S/C53H36N4.C44H33N3.C41H27N3O/c1-53(2)43-22-10-6-19-38(43)50-40(21-14-23-44(50)53)51-54-45-24-11-7-20-39(45)52(55-51)57-47-26-13-9-18-37(47)42-32-34(28-30-49(42)57)33-27-29-48-41(31-33)36-17-8-12-25-46(36)56(48)35-15-4-3-5-16-35;1-43(2)34-20-10-6-16-28(34)40-30(18-13-21-35(40)43)41-45-37-22-11-7-17-29(37)42(46-41)47-38-23-12-8-15-27(38)32-24-31-26-14-5-9-19-33(26)44(3,4)36(31)25-39(32)47;1-41(2)31-17-7-3-14-26(31)38-28(16-11-18-32(38)41)39-42-33-19-8-4-15-27(33)40(43-39)44-34-20-9-5-12-24(34)29-22-30-25-13-6-10-21-36(25)45-37(30)23-35(29)44/h3-32H,1-2H3;5-25H,1-4H3;3-23H,1-2H3. The van der Waals surface area contributed by atoms with Crippen LogP contribution in [0.25, 0.3) is 255 Å². The molecule has 149 heavy (non-hydrogen) atoms. The molecule has 28 aromatic rings. The van der Waals surface area contributed by atoms with Gasteiger partial charge in [-0.15, -0.1) is 0 Å². The fraction of sp³-hybridized carbons (Fsp3) is 0.0870. The SMILES string of the molecule is CC1(C)c2ccccc2-c2c(-c3nc(-n4c5ccccc5c5cc(-c6ccc7c(c6)c6ccccc6n7-c6ccccc6)ccc54)c4ccccc4n3)cccc21.CC1(C)c2ccccc2-c2c(-c3nc(-n4c5ccccc5c5cc6c(cc54)oc4ccccc46)c4ccccc4n3)cccc21.CC1(C)c2ccccc2-c2cc3c4ccccc4n(-c4nc(-c5cccc6c5-c5ccccc5C6(C)C)nc5ccccc45)c3cc21. The van der Waals surface area contributed by atoms with Crippen molar-refractivity contribution in [2.75, 3.05) is 0 Å². The van der Waals surface area contributed by atoms with E-state index < -0.39 is 0 Å². The Morgan fingerprint density at radius 2 is 0.477 bits per heavy atom. The van der Waals surface area contributed by atoms with E-state index in [0.29, 0.717) is 0 Å². The van der Waals surface area contributed by atoms with Gasteiger partial charge in [0.1, 0.15) is 28.6 Å². The van der Waals surface area contributed by atoms with Crippen LogP contribution in [0, 0.1) is 0 Å². The molecule has 20 aromatic carbocycles. The highest BCUT2D eigenvalue weighted by atomic mass is 16.3. The van der Waals surface area contributed by atoms with E-state index in [1.165, 1.54) is 160 Å².